The van der Waals surface area contributed by atoms with Crippen molar-refractivity contribution >= 4 is 11.6 Å². The van der Waals surface area contributed by atoms with Crippen molar-refractivity contribution in [3.8, 4) is 0 Å². The lowest BCUT2D eigenvalue weighted by Crippen LogP contribution is -2.23. The summed E-state index contributed by atoms with van der Waals surface area (Å²) < 4.78 is 5.11. The highest BCUT2D eigenvalue weighted by Crippen LogP contribution is 2.29. The van der Waals surface area contributed by atoms with Gasteiger partial charge in [0.15, 0.2) is 0 Å². The minimum Gasteiger partial charge on any atom is -0.378 e. The van der Waals surface area contributed by atoms with Gasteiger partial charge in [0.25, 0.3) is 0 Å². The van der Waals surface area contributed by atoms with Crippen molar-refractivity contribution in [1.82, 2.24) is 9.97 Å². The van der Waals surface area contributed by atoms with E-state index in [4.69, 9.17) is 16.3 Å². The standard InChI is InChI=1S/C15H17ClN2O/c1-15(2,11-7-5-4-6-8-11)14-17-12(10-19-3)9-13(16)18-14/h4-9H,10H2,1-3H3. The molecule has 0 radical (unpaired) electrons. The molecule has 1 aromatic heterocycles. The van der Waals surface area contributed by atoms with Crippen molar-refractivity contribution in [1.29, 1.82) is 0 Å². The van der Waals surface area contributed by atoms with Crippen LogP contribution in [0.5, 0.6) is 0 Å². The van der Waals surface area contributed by atoms with Gasteiger partial charge in [0.05, 0.1) is 12.3 Å². The first-order chi connectivity index (χ1) is 9.04. The average molecular weight is 277 g/mol. The first kappa shape index (κ1) is 14.0. The van der Waals surface area contributed by atoms with Gasteiger partial charge in [-0.1, -0.05) is 41.9 Å². The second-order valence-corrected chi connectivity index (χ2v) is 5.32. The maximum atomic E-state index is 6.07. The van der Waals surface area contributed by atoms with Crippen LogP contribution in [0.25, 0.3) is 0 Å². The maximum absolute atomic E-state index is 6.07. The monoisotopic (exact) mass is 276 g/mol. The lowest BCUT2D eigenvalue weighted by Gasteiger charge is -2.24. The Labute approximate surface area is 118 Å². The summed E-state index contributed by atoms with van der Waals surface area (Å²) in [4.78, 5) is 8.91. The summed E-state index contributed by atoms with van der Waals surface area (Å²) in [6, 6.07) is 11.9. The first-order valence-electron chi connectivity index (χ1n) is 6.12. The third-order valence-corrected chi connectivity index (χ3v) is 3.29. The van der Waals surface area contributed by atoms with E-state index in [0.717, 1.165) is 11.3 Å². The highest BCUT2D eigenvalue weighted by atomic mass is 35.5. The molecule has 0 amide bonds. The average Bonchev–Trinajstić information content (AvgIpc) is 2.39. The van der Waals surface area contributed by atoms with Crippen LogP contribution in [0.4, 0.5) is 0 Å². The highest BCUT2D eigenvalue weighted by Gasteiger charge is 2.27. The molecule has 1 heterocycles. The molecule has 0 unspecified atom stereocenters. The Kier molecular flexibility index (Phi) is 4.17. The maximum Gasteiger partial charge on any atom is 0.140 e. The molecule has 0 saturated carbocycles. The number of methoxy groups -OCH3 is 1. The topological polar surface area (TPSA) is 35.0 Å². The van der Waals surface area contributed by atoms with Crippen molar-refractivity contribution in [3.05, 3.63) is 58.6 Å². The molecule has 0 N–H and O–H groups in total. The number of rotatable bonds is 4. The highest BCUT2D eigenvalue weighted by molar-refractivity contribution is 6.29. The van der Waals surface area contributed by atoms with Crippen LogP contribution in [0.2, 0.25) is 5.15 Å². The number of benzene rings is 1. The van der Waals surface area contributed by atoms with Gasteiger partial charge in [-0.05, 0) is 25.5 Å². The van der Waals surface area contributed by atoms with E-state index in [1.165, 1.54) is 0 Å². The molecule has 0 atom stereocenters. The van der Waals surface area contributed by atoms with E-state index in [9.17, 15) is 0 Å². The first-order valence-corrected chi connectivity index (χ1v) is 6.50. The molecular weight excluding hydrogens is 260 g/mol. The molecule has 2 rings (SSSR count). The molecule has 0 aliphatic rings. The quantitative estimate of drug-likeness (QED) is 0.801. The van der Waals surface area contributed by atoms with E-state index < -0.39 is 0 Å². The minimum absolute atomic E-state index is 0.297. The van der Waals surface area contributed by atoms with Gasteiger partial charge in [0.2, 0.25) is 0 Å². The molecule has 1 aromatic carbocycles. The third-order valence-electron chi connectivity index (χ3n) is 3.09. The summed E-state index contributed by atoms with van der Waals surface area (Å²) in [7, 11) is 1.64. The normalized spacial score (nSPS) is 11.6. The molecule has 100 valence electrons. The minimum atomic E-state index is -0.297. The summed E-state index contributed by atoms with van der Waals surface area (Å²) in [5.74, 6) is 0.707. The van der Waals surface area contributed by atoms with E-state index in [0.29, 0.717) is 17.6 Å². The Morgan fingerprint density at radius 1 is 1.16 bits per heavy atom. The van der Waals surface area contributed by atoms with Crippen LogP contribution < -0.4 is 0 Å². The molecule has 0 aliphatic heterocycles. The summed E-state index contributed by atoms with van der Waals surface area (Å²) in [5, 5.41) is 0.445. The Bertz CT molecular complexity index is 555. The second-order valence-electron chi connectivity index (χ2n) is 4.93. The van der Waals surface area contributed by atoms with Gasteiger partial charge in [-0.25, -0.2) is 9.97 Å². The number of aromatic nitrogens is 2. The lowest BCUT2D eigenvalue weighted by atomic mass is 9.84. The molecular formula is C15H17ClN2O. The number of ether oxygens (including phenoxy) is 1. The van der Waals surface area contributed by atoms with E-state index in [1.54, 1.807) is 13.2 Å². The zero-order chi connectivity index (χ0) is 13.9. The Hall–Kier alpha value is -1.45. The molecule has 2 aromatic rings. The number of hydrogen-bond acceptors (Lipinski definition) is 3. The molecule has 0 spiro atoms. The van der Waals surface area contributed by atoms with Crippen LogP contribution in [0.1, 0.15) is 30.9 Å². The number of hydrogen-bond donors (Lipinski definition) is 0. The zero-order valence-electron chi connectivity index (χ0n) is 11.4. The number of nitrogens with zero attached hydrogens (tertiary/aromatic N) is 2. The molecule has 4 heteroatoms. The van der Waals surface area contributed by atoms with Crippen LogP contribution in [-0.4, -0.2) is 17.1 Å². The van der Waals surface area contributed by atoms with E-state index in [-0.39, 0.29) is 5.41 Å². The van der Waals surface area contributed by atoms with E-state index in [1.807, 2.05) is 18.2 Å². The van der Waals surface area contributed by atoms with Gasteiger partial charge in [0.1, 0.15) is 11.0 Å². The fourth-order valence-corrected chi connectivity index (χ4v) is 2.16. The van der Waals surface area contributed by atoms with Gasteiger partial charge in [-0.2, -0.15) is 0 Å². The largest absolute Gasteiger partial charge is 0.378 e. The van der Waals surface area contributed by atoms with E-state index >= 15 is 0 Å². The predicted octanol–water partition coefficient (Wildman–Crippen LogP) is 3.60. The Morgan fingerprint density at radius 3 is 2.47 bits per heavy atom. The SMILES string of the molecule is COCc1cc(Cl)nc(C(C)(C)c2ccccc2)n1. The third kappa shape index (κ3) is 3.11. The molecule has 0 saturated heterocycles. The zero-order valence-corrected chi connectivity index (χ0v) is 12.1. The van der Waals surface area contributed by atoms with Gasteiger partial charge < -0.3 is 4.74 Å². The van der Waals surface area contributed by atoms with Crippen molar-refractivity contribution in [2.45, 2.75) is 25.9 Å². The molecule has 19 heavy (non-hydrogen) atoms. The Morgan fingerprint density at radius 2 is 1.84 bits per heavy atom. The smallest absolute Gasteiger partial charge is 0.140 e. The van der Waals surface area contributed by atoms with Gasteiger partial charge in [-0.3, -0.25) is 0 Å². The van der Waals surface area contributed by atoms with Crippen molar-refractivity contribution in [2.75, 3.05) is 7.11 Å². The predicted molar refractivity (Wildman–Crippen MR) is 76.3 cm³/mol. The second kappa shape index (κ2) is 5.68. The van der Waals surface area contributed by atoms with Crippen LogP contribution in [-0.2, 0) is 16.8 Å². The fraction of sp³-hybridized carbons (Fsp3) is 0.333. The summed E-state index contributed by atoms with van der Waals surface area (Å²) in [5.41, 5.74) is 1.65. The lowest BCUT2D eigenvalue weighted by molar-refractivity contribution is 0.181. The molecule has 3 nitrogen and oxygen atoms in total. The van der Waals surface area contributed by atoms with Crippen molar-refractivity contribution < 1.29 is 4.74 Å². The van der Waals surface area contributed by atoms with Crippen molar-refractivity contribution in [2.24, 2.45) is 0 Å². The Balaban J connectivity index is 2.45. The fourth-order valence-electron chi connectivity index (χ4n) is 1.95. The molecule has 0 bridgehead atoms. The van der Waals surface area contributed by atoms with Crippen LogP contribution in [0.15, 0.2) is 36.4 Å². The molecule has 0 fully saturated rings. The molecule has 0 aliphatic carbocycles. The van der Waals surface area contributed by atoms with Crippen LogP contribution >= 0.6 is 11.6 Å². The number of halogens is 1. The summed E-state index contributed by atoms with van der Waals surface area (Å²) in [6.07, 6.45) is 0. The van der Waals surface area contributed by atoms with Gasteiger partial charge >= 0.3 is 0 Å². The van der Waals surface area contributed by atoms with Crippen LogP contribution in [0, 0.1) is 0 Å². The van der Waals surface area contributed by atoms with Crippen LogP contribution in [0.3, 0.4) is 0 Å². The van der Waals surface area contributed by atoms with Crippen molar-refractivity contribution in [3.63, 3.8) is 0 Å². The van der Waals surface area contributed by atoms with Gasteiger partial charge in [-0.15, -0.1) is 0 Å². The summed E-state index contributed by atoms with van der Waals surface area (Å²) in [6.45, 7) is 4.61. The van der Waals surface area contributed by atoms with E-state index in [2.05, 4.69) is 35.9 Å². The summed E-state index contributed by atoms with van der Waals surface area (Å²) >= 11 is 6.07. The van der Waals surface area contributed by atoms with Gasteiger partial charge in [0, 0.05) is 12.5 Å².